The van der Waals surface area contributed by atoms with E-state index in [1.54, 1.807) is 13.8 Å². The van der Waals surface area contributed by atoms with Gasteiger partial charge >= 0.3 is 0 Å². The minimum Gasteiger partial charge on any atom is -0.322 e. The molecule has 3 nitrogen and oxygen atoms in total. The Morgan fingerprint density at radius 1 is 1.21 bits per heavy atom. The highest BCUT2D eigenvalue weighted by Gasteiger charge is 2.28. The Morgan fingerprint density at radius 3 is 1.93 bits per heavy atom. The molecule has 0 heterocycles. The van der Waals surface area contributed by atoms with Crippen LogP contribution in [0.5, 0.6) is 0 Å². The second-order valence-corrected chi connectivity index (χ2v) is 4.97. The highest BCUT2D eigenvalue weighted by atomic mass is 16.1. The Bertz CT molecular complexity index is 226. The summed E-state index contributed by atoms with van der Waals surface area (Å²) in [6.07, 6.45) is 0.258. The Morgan fingerprint density at radius 2 is 1.64 bits per heavy atom. The van der Waals surface area contributed by atoms with Crippen molar-refractivity contribution in [3.8, 4) is 0 Å². The summed E-state index contributed by atoms with van der Waals surface area (Å²) in [6.45, 7) is 9.02. The molecule has 0 aliphatic rings. The molecular formula is C11H21NO2. The topological polar surface area (TPSA) is 60.2 Å². The molecule has 82 valence electrons. The minimum atomic E-state index is -0.467. The maximum absolute atomic E-state index is 11.7. The molecule has 0 aliphatic carbocycles. The Kier molecular flexibility index (Phi) is 4.46. The van der Waals surface area contributed by atoms with Crippen LogP contribution < -0.4 is 5.73 Å². The summed E-state index contributed by atoms with van der Waals surface area (Å²) >= 11 is 0. The number of nitrogens with two attached hydrogens (primary N) is 1. The number of rotatable bonds is 4. The average Bonchev–Trinajstić information content (AvgIpc) is 2.00. The molecular weight excluding hydrogens is 178 g/mol. The zero-order valence-corrected chi connectivity index (χ0v) is 9.76. The van der Waals surface area contributed by atoms with Crippen LogP contribution in [0.3, 0.4) is 0 Å². The molecule has 14 heavy (non-hydrogen) atoms. The number of hydrogen-bond acceptors (Lipinski definition) is 3. The fourth-order valence-electron chi connectivity index (χ4n) is 1.32. The van der Waals surface area contributed by atoms with Gasteiger partial charge in [0.2, 0.25) is 0 Å². The Balaban J connectivity index is 4.30. The van der Waals surface area contributed by atoms with Gasteiger partial charge in [-0.1, -0.05) is 27.7 Å². The summed E-state index contributed by atoms with van der Waals surface area (Å²) in [6, 6.07) is -0.467. The van der Waals surface area contributed by atoms with Crippen molar-refractivity contribution < 1.29 is 9.59 Å². The van der Waals surface area contributed by atoms with E-state index in [-0.39, 0.29) is 29.3 Å². The predicted molar refractivity (Wildman–Crippen MR) is 56.9 cm³/mol. The molecule has 0 aromatic rings. The molecule has 0 aliphatic heterocycles. The molecule has 0 fully saturated rings. The van der Waals surface area contributed by atoms with Crippen LogP contribution >= 0.6 is 0 Å². The molecule has 0 aromatic carbocycles. The van der Waals surface area contributed by atoms with E-state index in [0.717, 1.165) is 0 Å². The number of carbonyl (C=O) groups is 2. The van der Waals surface area contributed by atoms with E-state index in [9.17, 15) is 9.59 Å². The normalized spacial score (nSPS) is 16.1. The first-order valence-corrected chi connectivity index (χ1v) is 4.99. The lowest BCUT2D eigenvalue weighted by Gasteiger charge is -2.21. The molecule has 2 N–H and O–H groups in total. The number of carbonyl (C=O) groups excluding carboxylic acids is 2. The SMILES string of the molecule is C[C@H](N)C(=O)C[C@@H](C)C(=O)C(C)(C)C. The van der Waals surface area contributed by atoms with Crippen LogP contribution in [0.1, 0.15) is 41.0 Å². The maximum atomic E-state index is 11.7. The summed E-state index contributed by atoms with van der Waals surface area (Å²) < 4.78 is 0. The second-order valence-electron chi connectivity index (χ2n) is 4.97. The van der Waals surface area contributed by atoms with Gasteiger partial charge in [-0.15, -0.1) is 0 Å². The quantitative estimate of drug-likeness (QED) is 0.747. The largest absolute Gasteiger partial charge is 0.322 e. The van der Waals surface area contributed by atoms with Crippen LogP contribution in [0, 0.1) is 11.3 Å². The van der Waals surface area contributed by atoms with E-state index in [1.807, 2.05) is 20.8 Å². The third-order valence-electron chi connectivity index (χ3n) is 2.20. The van der Waals surface area contributed by atoms with Gasteiger partial charge in [0, 0.05) is 17.8 Å². The zero-order valence-electron chi connectivity index (χ0n) is 9.76. The third kappa shape index (κ3) is 4.01. The molecule has 0 saturated heterocycles. The highest BCUT2D eigenvalue weighted by molar-refractivity contribution is 5.92. The van der Waals surface area contributed by atoms with Gasteiger partial charge in [-0.25, -0.2) is 0 Å². The first kappa shape index (κ1) is 13.3. The van der Waals surface area contributed by atoms with Crippen molar-refractivity contribution in [1.82, 2.24) is 0 Å². The Labute approximate surface area is 86.1 Å². The average molecular weight is 199 g/mol. The molecule has 3 heteroatoms. The van der Waals surface area contributed by atoms with Crippen molar-refractivity contribution in [3.05, 3.63) is 0 Å². The van der Waals surface area contributed by atoms with Crippen molar-refractivity contribution in [2.45, 2.75) is 47.1 Å². The second kappa shape index (κ2) is 4.69. The smallest absolute Gasteiger partial charge is 0.149 e. The highest BCUT2D eigenvalue weighted by Crippen LogP contribution is 2.22. The van der Waals surface area contributed by atoms with E-state index >= 15 is 0 Å². The van der Waals surface area contributed by atoms with Crippen LogP contribution in [0.2, 0.25) is 0 Å². The standard InChI is InChI=1S/C11H21NO2/c1-7(6-9(13)8(2)12)10(14)11(3,4)5/h7-8H,6,12H2,1-5H3/t7-,8+/m1/s1. The van der Waals surface area contributed by atoms with E-state index < -0.39 is 6.04 Å². The molecule has 2 atom stereocenters. The number of ketones is 2. The first-order chi connectivity index (χ1) is 6.16. The number of hydrogen-bond donors (Lipinski definition) is 1. The molecule has 0 unspecified atom stereocenters. The lowest BCUT2D eigenvalue weighted by atomic mass is 9.81. The third-order valence-corrected chi connectivity index (χ3v) is 2.20. The van der Waals surface area contributed by atoms with Gasteiger partial charge in [0.1, 0.15) is 11.6 Å². The van der Waals surface area contributed by atoms with Crippen molar-refractivity contribution in [1.29, 1.82) is 0 Å². The fraction of sp³-hybridized carbons (Fsp3) is 0.818. The van der Waals surface area contributed by atoms with E-state index in [4.69, 9.17) is 5.73 Å². The number of Topliss-reactive ketones (excluding diaryl/α,β-unsaturated/α-hetero) is 2. The first-order valence-electron chi connectivity index (χ1n) is 4.99. The maximum Gasteiger partial charge on any atom is 0.149 e. The van der Waals surface area contributed by atoms with Gasteiger partial charge in [0.05, 0.1) is 6.04 Å². The van der Waals surface area contributed by atoms with Crippen LogP contribution in [-0.4, -0.2) is 17.6 Å². The molecule has 0 aromatic heterocycles. The molecule has 0 amide bonds. The van der Waals surface area contributed by atoms with Gasteiger partial charge in [0.25, 0.3) is 0 Å². The molecule has 0 radical (unpaired) electrons. The van der Waals surface area contributed by atoms with E-state index in [0.29, 0.717) is 0 Å². The van der Waals surface area contributed by atoms with Crippen LogP contribution in [0.4, 0.5) is 0 Å². The van der Waals surface area contributed by atoms with Crippen LogP contribution in [0.15, 0.2) is 0 Å². The molecule has 0 rings (SSSR count). The minimum absolute atomic E-state index is 0.0462. The summed E-state index contributed by atoms with van der Waals surface area (Å²) in [5, 5.41) is 0. The summed E-state index contributed by atoms with van der Waals surface area (Å²) in [7, 11) is 0. The molecule has 0 saturated carbocycles. The van der Waals surface area contributed by atoms with Crippen molar-refractivity contribution in [2.24, 2.45) is 17.1 Å². The predicted octanol–water partition coefficient (Wildman–Crippen LogP) is 1.54. The van der Waals surface area contributed by atoms with Crippen molar-refractivity contribution in [2.75, 3.05) is 0 Å². The monoisotopic (exact) mass is 199 g/mol. The van der Waals surface area contributed by atoms with Gasteiger partial charge in [-0.3, -0.25) is 9.59 Å². The van der Waals surface area contributed by atoms with Gasteiger partial charge in [0.15, 0.2) is 0 Å². The lowest BCUT2D eigenvalue weighted by Crippen LogP contribution is -2.33. The van der Waals surface area contributed by atoms with Gasteiger partial charge in [-0.05, 0) is 6.92 Å². The molecule has 0 bridgehead atoms. The Hall–Kier alpha value is -0.700. The van der Waals surface area contributed by atoms with Gasteiger partial charge < -0.3 is 5.73 Å². The van der Waals surface area contributed by atoms with E-state index in [1.165, 1.54) is 0 Å². The van der Waals surface area contributed by atoms with Crippen LogP contribution in [-0.2, 0) is 9.59 Å². The van der Waals surface area contributed by atoms with E-state index in [2.05, 4.69) is 0 Å². The lowest BCUT2D eigenvalue weighted by molar-refractivity contribution is -0.133. The van der Waals surface area contributed by atoms with Crippen LogP contribution in [0.25, 0.3) is 0 Å². The van der Waals surface area contributed by atoms with Crippen molar-refractivity contribution in [3.63, 3.8) is 0 Å². The van der Waals surface area contributed by atoms with Gasteiger partial charge in [-0.2, -0.15) is 0 Å². The summed E-state index contributed by atoms with van der Waals surface area (Å²) in [4.78, 5) is 23.0. The van der Waals surface area contributed by atoms with Crippen molar-refractivity contribution >= 4 is 11.6 Å². The summed E-state index contributed by atoms with van der Waals surface area (Å²) in [5.41, 5.74) is 5.06. The summed E-state index contributed by atoms with van der Waals surface area (Å²) in [5.74, 6) is -0.157. The molecule has 0 spiro atoms. The zero-order chi connectivity index (χ0) is 11.5. The fourth-order valence-corrected chi connectivity index (χ4v) is 1.32.